The van der Waals surface area contributed by atoms with E-state index in [1.54, 1.807) is 14.0 Å². The summed E-state index contributed by atoms with van der Waals surface area (Å²) >= 11 is 0. The Bertz CT molecular complexity index is 364. The molecule has 0 spiro atoms. The highest BCUT2D eigenvalue weighted by atomic mass is 16.5. The summed E-state index contributed by atoms with van der Waals surface area (Å²) in [6.07, 6.45) is 3.77. The maximum absolute atomic E-state index is 12.1. The van der Waals surface area contributed by atoms with Crippen LogP contribution in [0.2, 0.25) is 0 Å². The van der Waals surface area contributed by atoms with Crippen molar-refractivity contribution in [2.24, 2.45) is 5.92 Å². The first-order chi connectivity index (χ1) is 8.93. The van der Waals surface area contributed by atoms with Crippen molar-refractivity contribution in [3.05, 3.63) is 0 Å². The Kier molecular flexibility index (Phi) is 3.99. The summed E-state index contributed by atoms with van der Waals surface area (Å²) in [6.45, 7) is 2.84. The van der Waals surface area contributed by atoms with Crippen molar-refractivity contribution in [2.45, 2.75) is 44.2 Å². The molecule has 1 saturated carbocycles. The second-order valence-electron chi connectivity index (χ2n) is 5.73. The van der Waals surface area contributed by atoms with Crippen LogP contribution in [0.4, 0.5) is 4.79 Å². The number of nitrogens with zero attached hydrogens (tertiary/aromatic N) is 1. The Morgan fingerprint density at radius 1 is 1.42 bits per heavy atom. The van der Waals surface area contributed by atoms with Crippen LogP contribution in [0.3, 0.4) is 0 Å². The van der Waals surface area contributed by atoms with E-state index in [0.717, 1.165) is 32.3 Å². The summed E-state index contributed by atoms with van der Waals surface area (Å²) in [6, 6.07) is -0.340. The monoisotopic (exact) mass is 270 g/mol. The number of ether oxygens (including phenoxy) is 1. The van der Waals surface area contributed by atoms with Crippen molar-refractivity contribution in [2.75, 3.05) is 20.2 Å². The number of aliphatic carboxylic acids is 1. The molecule has 1 aliphatic heterocycles. The van der Waals surface area contributed by atoms with Crippen LogP contribution in [0.15, 0.2) is 0 Å². The van der Waals surface area contributed by atoms with Gasteiger partial charge >= 0.3 is 12.0 Å². The fraction of sp³-hybridized carbons (Fsp3) is 0.846. The standard InChI is InChI=1S/C13H22N2O4/c1-13(11(16)17,9-5-6-9)14-12(18)15(2)8-10-4-3-7-19-10/h9-10H,3-8H2,1-2H3,(H,14,18)(H,16,17). The third kappa shape index (κ3) is 3.18. The molecule has 2 unspecified atom stereocenters. The van der Waals surface area contributed by atoms with E-state index in [1.807, 2.05) is 0 Å². The van der Waals surface area contributed by atoms with E-state index in [-0.39, 0.29) is 18.1 Å². The normalized spacial score (nSPS) is 25.7. The summed E-state index contributed by atoms with van der Waals surface area (Å²) in [5.41, 5.74) is -1.15. The molecule has 2 rings (SSSR count). The van der Waals surface area contributed by atoms with E-state index in [4.69, 9.17) is 4.74 Å². The summed E-state index contributed by atoms with van der Waals surface area (Å²) in [4.78, 5) is 24.9. The van der Waals surface area contributed by atoms with Gasteiger partial charge in [0.05, 0.1) is 6.10 Å². The van der Waals surface area contributed by atoms with Crippen molar-refractivity contribution in [3.63, 3.8) is 0 Å². The van der Waals surface area contributed by atoms with Gasteiger partial charge in [-0.1, -0.05) is 0 Å². The average Bonchev–Trinajstić information content (AvgIpc) is 3.09. The van der Waals surface area contributed by atoms with Crippen LogP contribution in [-0.2, 0) is 9.53 Å². The molecular formula is C13H22N2O4. The van der Waals surface area contributed by atoms with Gasteiger partial charge in [-0.3, -0.25) is 0 Å². The molecule has 2 fully saturated rings. The van der Waals surface area contributed by atoms with Crippen molar-refractivity contribution >= 4 is 12.0 Å². The highest BCUT2D eigenvalue weighted by Crippen LogP contribution is 2.39. The van der Waals surface area contributed by atoms with Crippen LogP contribution >= 0.6 is 0 Å². The molecule has 2 N–H and O–H groups in total. The molecule has 19 heavy (non-hydrogen) atoms. The summed E-state index contributed by atoms with van der Waals surface area (Å²) in [7, 11) is 1.67. The molecular weight excluding hydrogens is 248 g/mol. The molecule has 1 saturated heterocycles. The second kappa shape index (κ2) is 5.36. The van der Waals surface area contributed by atoms with Crippen molar-refractivity contribution in [3.8, 4) is 0 Å². The Balaban J connectivity index is 1.89. The first-order valence-corrected chi connectivity index (χ1v) is 6.81. The van der Waals surface area contributed by atoms with Gasteiger partial charge in [-0.05, 0) is 38.5 Å². The zero-order valence-electron chi connectivity index (χ0n) is 11.5. The minimum atomic E-state index is -1.15. The second-order valence-corrected chi connectivity index (χ2v) is 5.73. The number of hydrogen-bond donors (Lipinski definition) is 2. The van der Waals surface area contributed by atoms with Gasteiger partial charge in [-0.2, -0.15) is 0 Å². The van der Waals surface area contributed by atoms with Gasteiger partial charge < -0.3 is 20.1 Å². The highest BCUT2D eigenvalue weighted by Gasteiger charge is 2.49. The SMILES string of the molecule is CN(CC1CCCO1)C(=O)NC(C)(C(=O)O)C1CC1. The van der Waals surface area contributed by atoms with E-state index >= 15 is 0 Å². The van der Waals surface area contributed by atoms with Crippen molar-refractivity contribution < 1.29 is 19.4 Å². The van der Waals surface area contributed by atoms with Crippen LogP contribution in [-0.4, -0.2) is 53.8 Å². The first-order valence-electron chi connectivity index (χ1n) is 6.81. The topological polar surface area (TPSA) is 78.9 Å². The number of rotatable bonds is 5. The molecule has 0 aromatic carbocycles. The molecule has 6 nitrogen and oxygen atoms in total. The Morgan fingerprint density at radius 2 is 2.11 bits per heavy atom. The number of urea groups is 1. The van der Waals surface area contributed by atoms with Crippen LogP contribution in [0, 0.1) is 5.92 Å². The number of carboxylic acid groups (broad SMARTS) is 1. The molecule has 108 valence electrons. The Hall–Kier alpha value is -1.30. The van der Waals surface area contributed by atoms with Crippen LogP contribution in [0.25, 0.3) is 0 Å². The third-order valence-electron chi connectivity index (χ3n) is 4.05. The number of carbonyl (C=O) groups excluding carboxylic acids is 1. The third-order valence-corrected chi connectivity index (χ3v) is 4.05. The van der Waals surface area contributed by atoms with Crippen LogP contribution in [0.5, 0.6) is 0 Å². The summed E-state index contributed by atoms with van der Waals surface area (Å²) in [5.74, 6) is -0.918. The van der Waals surface area contributed by atoms with Crippen molar-refractivity contribution in [1.29, 1.82) is 0 Å². The summed E-state index contributed by atoms with van der Waals surface area (Å²) in [5, 5.41) is 12.0. The minimum Gasteiger partial charge on any atom is -0.480 e. The number of carbonyl (C=O) groups is 2. The number of likely N-dealkylation sites (N-methyl/N-ethyl adjacent to an activating group) is 1. The van der Waals surface area contributed by atoms with Gasteiger partial charge in [0.15, 0.2) is 0 Å². The number of nitrogens with one attached hydrogen (secondary N) is 1. The van der Waals surface area contributed by atoms with Gasteiger partial charge in [0.25, 0.3) is 0 Å². The molecule has 0 aromatic rings. The molecule has 1 aliphatic carbocycles. The highest BCUT2D eigenvalue weighted by molar-refractivity contribution is 5.86. The molecule has 1 heterocycles. The van der Waals surface area contributed by atoms with Gasteiger partial charge in [0.2, 0.25) is 0 Å². The van der Waals surface area contributed by atoms with Crippen LogP contribution in [0.1, 0.15) is 32.6 Å². The lowest BCUT2D eigenvalue weighted by Crippen LogP contribution is -2.57. The molecule has 2 aliphatic rings. The fourth-order valence-corrected chi connectivity index (χ4v) is 2.49. The summed E-state index contributed by atoms with van der Waals surface area (Å²) < 4.78 is 5.47. The molecule has 0 radical (unpaired) electrons. The zero-order valence-corrected chi connectivity index (χ0v) is 11.5. The van der Waals surface area contributed by atoms with E-state index in [0.29, 0.717) is 6.54 Å². The molecule has 0 bridgehead atoms. The predicted octanol–water partition coefficient (Wildman–Crippen LogP) is 1.06. The number of carboxylic acids is 1. The van der Waals surface area contributed by atoms with Gasteiger partial charge in [-0.25, -0.2) is 9.59 Å². The van der Waals surface area contributed by atoms with E-state index < -0.39 is 11.5 Å². The largest absolute Gasteiger partial charge is 0.480 e. The lowest BCUT2D eigenvalue weighted by Gasteiger charge is -2.30. The predicted molar refractivity (Wildman–Crippen MR) is 68.9 cm³/mol. The van der Waals surface area contributed by atoms with Gasteiger partial charge in [0.1, 0.15) is 5.54 Å². The average molecular weight is 270 g/mol. The quantitative estimate of drug-likeness (QED) is 0.783. The van der Waals surface area contributed by atoms with E-state index in [2.05, 4.69) is 5.32 Å². The Morgan fingerprint density at radius 3 is 2.58 bits per heavy atom. The lowest BCUT2D eigenvalue weighted by atomic mass is 9.96. The lowest BCUT2D eigenvalue weighted by molar-refractivity contribution is -0.144. The Labute approximate surface area is 113 Å². The van der Waals surface area contributed by atoms with E-state index in [1.165, 1.54) is 4.90 Å². The zero-order chi connectivity index (χ0) is 14.0. The van der Waals surface area contributed by atoms with E-state index in [9.17, 15) is 14.7 Å². The van der Waals surface area contributed by atoms with Gasteiger partial charge in [0, 0.05) is 20.2 Å². The van der Waals surface area contributed by atoms with Crippen molar-refractivity contribution in [1.82, 2.24) is 10.2 Å². The smallest absolute Gasteiger partial charge is 0.329 e. The molecule has 0 aromatic heterocycles. The number of amides is 2. The van der Waals surface area contributed by atoms with Crippen LogP contribution < -0.4 is 5.32 Å². The minimum absolute atomic E-state index is 0.0464. The maximum atomic E-state index is 12.1. The number of hydrogen-bond acceptors (Lipinski definition) is 3. The fourth-order valence-electron chi connectivity index (χ4n) is 2.49. The van der Waals surface area contributed by atoms with Gasteiger partial charge in [-0.15, -0.1) is 0 Å². The molecule has 2 atom stereocenters. The first kappa shape index (κ1) is 14.1. The molecule has 6 heteroatoms. The maximum Gasteiger partial charge on any atom is 0.329 e. The molecule has 2 amide bonds.